The van der Waals surface area contributed by atoms with E-state index in [0.29, 0.717) is 11.5 Å². The van der Waals surface area contributed by atoms with Gasteiger partial charge in [0.05, 0.1) is 11.0 Å². The third-order valence-electron chi connectivity index (χ3n) is 2.09. The van der Waals surface area contributed by atoms with E-state index in [2.05, 4.69) is 9.97 Å². The van der Waals surface area contributed by atoms with Crippen molar-refractivity contribution in [2.24, 2.45) is 0 Å². The van der Waals surface area contributed by atoms with Crippen LogP contribution in [0.4, 0.5) is 5.95 Å². The molecule has 0 radical (unpaired) electrons. The molecule has 0 aliphatic carbocycles. The first-order chi connectivity index (χ1) is 6.22. The van der Waals surface area contributed by atoms with E-state index in [-0.39, 0.29) is 0 Å². The molecule has 0 amide bonds. The van der Waals surface area contributed by atoms with Gasteiger partial charge in [0.2, 0.25) is 0 Å². The number of carbonyl (C=O) groups is 1. The maximum absolute atomic E-state index is 10.6. The van der Waals surface area contributed by atoms with Gasteiger partial charge in [0.15, 0.2) is 5.95 Å². The van der Waals surface area contributed by atoms with Crippen molar-refractivity contribution in [1.82, 2.24) is 9.97 Å². The summed E-state index contributed by atoms with van der Waals surface area (Å²) in [5.74, 6) is 0.376. The van der Waals surface area contributed by atoms with Crippen LogP contribution in [0.15, 0.2) is 12.1 Å². The molecule has 0 unspecified atom stereocenters. The van der Waals surface area contributed by atoms with Crippen LogP contribution in [-0.2, 0) is 0 Å². The first-order valence-electron chi connectivity index (χ1n) is 3.92. The smallest absolute Gasteiger partial charge is 0.198 e. The molecule has 0 atom stereocenters. The van der Waals surface area contributed by atoms with Gasteiger partial charge in [-0.2, -0.15) is 0 Å². The Bertz CT molecular complexity index is 473. The Morgan fingerprint density at radius 2 is 2.31 bits per heavy atom. The van der Waals surface area contributed by atoms with Crippen LogP contribution in [-0.4, -0.2) is 16.3 Å². The number of nitrogens with one attached hydrogen (secondary N) is 1. The Morgan fingerprint density at radius 1 is 1.54 bits per heavy atom. The van der Waals surface area contributed by atoms with Crippen LogP contribution in [0.2, 0.25) is 0 Å². The maximum Gasteiger partial charge on any atom is 0.198 e. The lowest BCUT2D eigenvalue weighted by molar-refractivity contribution is 0.112. The molecular formula is C9H9N3O. The molecule has 0 fully saturated rings. The third-order valence-corrected chi connectivity index (χ3v) is 2.09. The highest BCUT2D eigenvalue weighted by Crippen LogP contribution is 2.19. The summed E-state index contributed by atoms with van der Waals surface area (Å²) < 4.78 is 0. The fourth-order valence-electron chi connectivity index (χ4n) is 1.37. The predicted octanol–water partition coefficient (Wildman–Crippen LogP) is 1.27. The van der Waals surface area contributed by atoms with Gasteiger partial charge in [-0.1, -0.05) is 0 Å². The topological polar surface area (TPSA) is 71.8 Å². The molecule has 0 aliphatic heterocycles. The number of nitrogen functional groups attached to an aromatic ring is 1. The highest BCUT2D eigenvalue weighted by Gasteiger charge is 2.05. The van der Waals surface area contributed by atoms with E-state index in [4.69, 9.17) is 5.73 Å². The molecule has 0 aliphatic rings. The minimum Gasteiger partial charge on any atom is -0.369 e. The number of H-pyrrole nitrogens is 1. The summed E-state index contributed by atoms with van der Waals surface area (Å²) in [6.07, 6.45) is 0.819. The first-order valence-corrected chi connectivity index (χ1v) is 3.92. The summed E-state index contributed by atoms with van der Waals surface area (Å²) in [4.78, 5) is 17.6. The molecule has 2 rings (SSSR count). The second-order valence-corrected chi connectivity index (χ2v) is 2.92. The number of aromatic amines is 1. The van der Waals surface area contributed by atoms with E-state index in [0.717, 1.165) is 22.9 Å². The molecule has 0 saturated carbocycles. The Morgan fingerprint density at radius 3 is 3.00 bits per heavy atom. The second-order valence-electron chi connectivity index (χ2n) is 2.92. The molecule has 0 saturated heterocycles. The fourth-order valence-corrected chi connectivity index (χ4v) is 1.37. The number of nitrogens with zero attached hydrogens (tertiary/aromatic N) is 1. The summed E-state index contributed by atoms with van der Waals surface area (Å²) in [7, 11) is 0. The normalized spacial score (nSPS) is 10.5. The number of fused-ring (bicyclic) bond motifs is 1. The van der Waals surface area contributed by atoms with Gasteiger partial charge < -0.3 is 10.7 Å². The molecule has 1 heterocycles. The number of aromatic nitrogens is 2. The number of rotatable bonds is 1. The minimum atomic E-state index is 0.376. The second kappa shape index (κ2) is 2.58. The number of benzene rings is 1. The quantitative estimate of drug-likeness (QED) is 0.641. The molecule has 3 N–H and O–H groups in total. The van der Waals surface area contributed by atoms with E-state index in [1.807, 2.05) is 6.92 Å². The van der Waals surface area contributed by atoms with E-state index in [1.54, 1.807) is 12.1 Å². The molecule has 4 nitrogen and oxygen atoms in total. The Kier molecular flexibility index (Phi) is 1.55. The maximum atomic E-state index is 10.6. The van der Waals surface area contributed by atoms with Crippen molar-refractivity contribution in [2.45, 2.75) is 6.92 Å². The van der Waals surface area contributed by atoms with Gasteiger partial charge >= 0.3 is 0 Å². The van der Waals surface area contributed by atoms with Gasteiger partial charge in [0.25, 0.3) is 0 Å². The third kappa shape index (κ3) is 1.07. The van der Waals surface area contributed by atoms with E-state index in [9.17, 15) is 4.79 Å². The number of carbonyl (C=O) groups excluding carboxylic acids is 1. The number of hydrogen-bond donors (Lipinski definition) is 2. The van der Waals surface area contributed by atoms with Crippen molar-refractivity contribution in [3.8, 4) is 0 Å². The largest absolute Gasteiger partial charge is 0.369 e. The van der Waals surface area contributed by atoms with Crippen molar-refractivity contribution in [2.75, 3.05) is 5.73 Å². The van der Waals surface area contributed by atoms with Crippen LogP contribution in [0.25, 0.3) is 11.0 Å². The average molecular weight is 175 g/mol. The van der Waals surface area contributed by atoms with Crippen molar-refractivity contribution in [3.05, 3.63) is 23.3 Å². The van der Waals surface area contributed by atoms with Crippen LogP contribution in [0, 0.1) is 6.92 Å². The number of hydrogen-bond acceptors (Lipinski definition) is 3. The first kappa shape index (κ1) is 7.79. The van der Waals surface area contributed by atoms with Gasteiger partial charge in [-0.25, -0.2) is 4.98 Å². The molecule has 1 aromatic carbocycles. The minimum absolute atomic E-state index is 0.376. The highest BCUT2D eigenvalue weighted by molar-refractivity contribution is 5.89. The van der Waals surface area contributed by atoms with Crippen LogP contribution in [0.1, 0.15) is 15.9 Å². The summed E-state index contributed by atoms with van der Waals surface area (Å²) >= 11 is 0. The fraction of sp³-hybridized carbons (Fsp3) is 0.111. The average Bonchev–Trinajstić information content (AvgIpc) is 2.47. The van der Waals surface area contributed by atoms with E-state index < -0.39 is 0 Å². The van der Waals surface area contributed by atoms with E-state index >= 15 is 0 Å². The van der Waals surface area contributed by atoms with Crippen LogP contribution >= 0.6 is 0 Å². The molecule has 1 aromatic heterocycles. The van der Waals surface area contributed by atoms with Gasteiger partial charge in [-0.05, 0) is 24.6 Å². The molecule has 0 spiro atoms. The van der Waals surface area contributed by atoms with Crippen LogP contribution in [0.3, 0.4) is 0 Å². The number of aldehydes is 1. The van der Waals surface area contributed by atoms with Crippen molar-refractivity contribution >= 4 is 23.3 Å². The molecule has 0 bridgehead atoms. The summed E-state index contributed by atoms with van der Waals surface area (Å²) in [6.45, 7) is 1.85. The van der Waals surface area contributed by atoms with Crippen LogP contribution in [0.5, 0.6) is 0 Å². The molecule has 13 heavy (non-hydrogen) atoms. The Labute approximate surface area is 74.8 Å². The zero-order chi connectivity index (χ0) is 9.42. The number of imidazole rings is 1. The Balaban J connectivity index is 2.85. The van der Waals surface area contributed by atoms with Gasteiger partial charge in [-0.3, -0.25) is 4.79 Å². The van der Waals surface area contributed by atoms with Gasteiger partial charge in [-0.15, -0.1) is 0 Å². The Hall–Kier alpha value is -1.84. The molecule has 4 heteroatoms. The standard InChI is InChI=1S/C9H9N3O/c1-5-6(4-13)2-3-7-8(5)12-9(10)11-7/h2-4H,1H3,(H3,10,11,12). The van der Waals surface area contributed by atoms with E-state index in [1.165, 1.54) is 0 Å². The van der Waals surface area contributed by atoms with Crippen molar-refractivity contribution in [3.63, 3.8) is 0 Å². The summed E-state index contributed by atoms with van der Waals surface area (Å²) in [5, 5.41) is 0. The lowest BCUT2D eigenvalue weighted by Gasteiger charge is -1.96. The zero-order valence-corrected chi connectivity index (χ0v) is 7.16. The van der Waals surface area contributed by atoms with Crippen LogP contribution < -0.4 is 5.73 Å². The molecule has 66 valence electrons. The number of anilines is 1. The van der Waals surface area contributed by atoms with Crippen molar-refractivity contribution in [1.29, 1.82) is 0 Å². The summed E-state index contributed by atoms with van der Waals surface area (Å²) in [6, 6.07) is 3.55. The van der Waals surface area contributed by atoms with Gasteiger partial charge in [0, 0.05) is 5.56 Å². The SMILES string of the molecule is Cc1c(C=O)ccc2[nH]c(N)nc12. The molecular weight excluding hydrogens is 166 g/mol. The predicted molar refractivity (Wildman–Crippen MR) is 50.6 cm³/mol. The summed E-state index contributed by atoms with van der Waals surface area (Å²) in [5.41, 5.74) is 8.64. The molecule has 2 aromatic rings. The monoisotopic (exact) mass is 175 g/mol. The van der Waals surface area contributed by atoms with Crippen molar-refractivity contribution < 1.29 is 4.79 Å². The lowest BCUT2D eigenvalue weighted by atomic mass is 10.1. The van der Waals surface area contributed by atoms with Gasteiger partial charge in [0.1, 0.15) is 6.29 Å². The number of nitrogens with two attached hydrogens (primary N) is 1. The zero-order valence-electron chi connectivity index (χ0n) is 7.16. The number of aryl methyl sites for hydroxylation is 1. The highest BCUT2D eigenvalue weighted by atomic mass is 16.1. The lowest BCUT2D eigenvalue weighted by Crippen LogP contribution is -1.87.